The molecule has 1 rings (SSSR count). The van der Waals surface area contributed by atoms with Gasteiger partial charge in [-0.1, -0.05) is 30.3 Å². The van der Waals surface area contributed by atoms with E-state index in [-0.39, 0.29) is 0 Å². The van der Waals surface area contributed by atoms with E-state index in [0.29, 0.717) is 6.54 Å². The highest BCUT2D eigenvalue weighted by Gasteiger charge is 2.29. The summed E-state index contributed by atoms with van der Waals surface area (Å²) < 4.78 is 0. The Kier molecular flexibility index (Phi) is 6.40. The summed E-state index contributed by atoms with van der Waals surface area (Å²) >= 11 is 0. The lowest BCUT2D eigenvalue weighted by Crippen LogP contribution is -2.51. The molecular formula is C12H18N2O5. The molecule has 0 radical (unpaired) electrons. The van der Waals surface area contributed by atoms with E-state index < -0.39 is 30.8 Å². The highest BCUT2D eigenvalue weighted by molar-refractivity contribution is 5.80. The maximum atomic E-state index is 11.4. The van der Waals surface area contributed by atoms with Crippen molar-refractivity contribution in [3.8, 4) is 0 Å². The van der Waals surface area contributed by atoms with Gasteiger partial charge in [0.2, 0.25) is 0 Å². The smallest absolute Gasteiger partial charge is 0.265 e. The van der Waals surface area contributed by atoms with Crippen molar-refractivity contribution in [2.45, 2.75) is 24.9 Å². The summed E-state index contributed by atoms with van der Waals surface area (Å²) in [6.07, 6.45) is -5.15. The Bertz CT molecular complexity index is 387. The monoisotopic (exact) mass is 270 g/mol. The SMILES string of the molecule is O=C(NNCc1ccccc1)[C@H](O)[C@H](O)[C@H](O)CO. The van der Waals surface area contributed by atoms with E-state index >= 15 is 0 Å². The fourth-order valence-corrected chi connectivity index (χ4v) is 1.38. The number of benzene rings is 1. The summed E-state index contributed by atoms with van der Waals surface area (Å²) in [5, 5.41) is 36.4. The third-order valence-electron chi connectivity index (χ3n) is 2.52. The molecule has 0 fully saturated rings. The van der Waals surface area contributed by atoms with E-state index in [1.807, 2.05) is 30.3 Å². The van der Waals surface area contributed by atoms with Gasteiger partial charge in [0.25, 0.3) is 5.91 Å². The summed E-state index contributed by atoms with van der Waals surface area (Å²) in [5.41, 5.74) is 5.70. The zero-order valence-electron chi connectivity index (χ0n) is 10.2. The van der Waals surface area contributed by atoms with Gasteiger partial charge >= 0.3 is 0 Å². The second-order valence-electron chi connectivity index (χ2n) is 4.01. The molecule has 1 aromatic rings. The maximum Gasteiger partial charge on any atom is 0.265 e. The van der Waals surface area contributed by atoms with Crippen molar-refractivity contribution in [2.75, 3.05) is 6.61 Å². The molecule has 0 aliphatic carbocycles. The molecule has 6 N–H and O–H groups in total. The van der Waals surface area contributed by atoms with Crippen LogP contribution in [-0.4, -0.2) is 51.3 Å². The lowest BCUT2D eigenvalue weighted by molar-refractivity contribution is -0.143. The predicted octanol–water partition coefficient (Wildman–Crippen LogP) is -2.12. The molecule has 0 unspecified atom stereocenters. The minimum Gasteiger partial charge on any atom is -0.394 e. The van der Waals surface area contributed by atoms with E-state index in [1.165, 1.54) is 0 Å². The number of hydrogen-bond donors (Lipinski definition) is 6. The first kappa shape index (κ1) is 15.5. The van der Waals surface area contributed by atoms with Gasteiger partial charge in [-0.2, -0.15) is 0 Å². The fourth-order valence-electron chi connectivity index (χ4n) is 1.38. The number of aliphatic hydroxyl groups is 4. The first-order valence-electron chi connectivity index (χ1n) is 5.78. The van der Waals surface area contributed by atoms with E-state index in [2.05, 4.69) is 10.9 Å². The lowest BCUT2D eigenvalue weighted by Gasteiger charge is -2.20. The molecule has 0 aliphatic rings. The second-order valence-corrected chi connectivity index (χ2v) is 4.01. The van der Waals surface area contributed by atoms with Gasteiger partial charge in [0.15, 0.2) is 6.10 Å². The van der Waals surface area contributed by atoms with E-state index in [0.717, 1.165) is 5.56 Å². The first-order chi connectivity index (χ1) is 9.06. The second kappa shape index (κ2) is 7.82. The Morgan fingerprint density at radius 1 is 1.16 bits per heavy atom. The molecule has 0 aliphatic heterocycles. The van der Waals surface area contributed by atoms with Crippen molar-refractivity contribution in [2.24, 2.45) is 0 Å². The van der Waals surface area contributed by atoms with Crippen LogP contribution in [0.5, 0.6) is 0 Å². The maximum absolute atomic E-state index is 11.4. The molecule has 0 spiro atoms. The van der Waals surface area contributed by atoms with Crippen LogP contribution in [0.1, 0.15) is 5.56 Å². The molecule has 106 valence electrons. The van der Waals surface area contributed by atoms with Crippen LogP contribution in [-0.2, 0) is 11.3 Å². The van der Waals surface area contributed by atoms with Crippen LogP contribution >= 0.6 is 0 Å². The van der Waals surface area contributed by atoms with Crippen LogP contribution in [0, 0.1) is 0 Å². The van der Waals surface area contributed by atoms with Crippen molar-refractivity contribution in [1.82, 2.24) is 10.9 Å². The van der Waals surface area contributed by atoms with Gasteiger partial charge in [0, 0.05) is 6.54 Å². The van der Waals surface area contributed by atoms with Crippen LogP contribution in [0.25, 0.3) is 0 Å². The zero-order chi connectivity index (χ0) is 14.3. The number of carbonyl (C=O) groups excluding carboxylic acids is 1. The lowest BCUT2D eigenvalue weighted by atomic mass is 10.1. The Labute approximate surface area is 110 Å². The molecular weight excluding hydrogens is 252 g/mol. The van der Waals surface area contributed by atoms with Crippen molar-refractivity contribution >= 4 is 5.91 Å². The highest BCUT2D eigenvalue weighted by atomic mass is 16.4. The average molecular weight is 270 g/mol. The van der Waals surface area contributed by atoms with Gasteiger partial charge in [-0.15, -0.1) is 0 Å². The summed E-state index contributed by atoms with van der Waals surface area (Å²) in [6, 6.07) is 9.24. The van der Waals surface area contributed by atoms with Crippen LogP contribution in [0.3, 0.4) is 0 Å². The quantitative estimate of drug-likeness (QED) is 0.315. The number of hydrazine groups is 1. The molecule has 0 heterocycles. The molecule has 0 saturated carbocycles. The van der Waals surface area contributed by atoms with E-state index in [1.54, 1.807) is 0 Å². The van der Waals surface area contributed by atoms with E-state index in [4.69, 9.17) is 10.2 Å². The van der Waals surface area contributed by atoms with E-state index in [9.17, 15) is 15.0 Å². The van der Waals surface area contributed by atoms with Gasteiger partial charge in [0.05, 0.1) is 6.61 Å². The molecule has 1 aromatic carbocycles. The van der Waals surface area contributed by atoms with Crippen molar-refractivity contribution in [3.63, 3.8) is 0 Å². The molecule has 19 heavy (non-hydrogen) atoms. The highest BCUT2D eigenvalue weighted by Crippen LogP contribution is 2.00. The topological polar surface area (TPSA) is 122 Å². The van der Waals surface area contributed by atoms with Gasteiger partial charge in [-0.3, -0.25) is 10.2 Å². The molecule has 1 amide bonds. The number of aliphatic hydroxyl groups excluding tert-OH is 4. The van der Waals surface area contributed by atoms with Crippen molar-refractivity contribution < 1.29 is 25.2 Å². The van der Waals surface area contributed by atoms with Crippen LogP contribution in [0.2, 0.25) is 0 Å². The zero-order valence-corrected chi connectivity index (χ0v) is 10.2. The summed E-state index contributed by atoms with van der Waals surface area (Å²) in [6.45, 7) is -0.402. The number of carbonyl (C=O) groups is 1. The van der Waals surface area contributed by atoms with Gasteiger partial charge in [-0.05, 0) is 5.56 Å². The molecule has 7 nitrogen and oxygen atoms in total. The summed E-state index contributed by atoms with van der Waals surface area (Å²) in [4.78, 5) is 11.4. The number of amides is 1. The standard InChI is InChI=1S/C12H18N2O5/c15-7-9(16)10(17)11(18)12(19)14-13-6-8-4-2-1-3-5-8/h1-5,9-11,13,15-18H,6-7H2,(H,14,19)/t9-,10-,11-/m1/s1. The Morgan fingerprint density at radius 3 is 2.37 bits per heavy atom. The van der Waals surface area contributed by atoms with Gasteiger partial charge < -0.3 is 20.4 Å². The molecule has 0 aromatic heterocycles. The van der Waals surface area contributed by atoms with Crippen LogP contribution in [0.15, 0.2) is 30.3 Å². The summed E-state index contributed by atoms with van der Waals surface area (Å²) in [5.74, 6) is -0.893. The predicted molar refractivity (Wildman–Crippen MR) is 66.5 cm³/mol. The van der Waals surface area contributed by atoms with Gasteiger partial charge in [0.1, 0.15) is 12.2 Å². The van der Waals surface area contributed by atoms with Crippen molar-refractivity contribution in [1.29, 1.82) is 0 Å². The van der Waals surface area contributed by atoms with Gasteiger partial charge in [-0.25, -0.2) is 5.43 Å². The number of rotatable bonds is 7. The van der Waals surface area contributed by atoms with Crippen molar-refractivity contribution in [3.05, 3.63) is 35.9 Å². The average Bonchev–Trinajstić information content (AvgIpc) is 2.45. The largest absolute Gasteiger partial charge is 0.394 e. The van der Waals surface area contributed by atoms with Crippen LogP contribution < -0.4 is 10.9 Å². The third kappa shape index (κ3) is 4.93. The Hall–Kier alpha value is -1.51. The molecule has 3 atom stereocenters. The number of nitrogens with one attached hydrogen (secondary N) is 2. The third-order valence-corrected chi connectivity index (χ3v) is 2.52. The molecule has 0 bridgehead atoms. The fraction of sp³-hybridized carbons (Fsp3) is 0.417. The molecule has 0 saturated heterocycles. The Balaban J connectivity index is 2.35. The Morgan fingerprint density at radius 2 is 1.79 bits per heavy atom. The molecule has 7 heteroatoms. The summed E-state index contributed by atoms with van der Waals surface area (Å²) in [7, 11) is 0. The normalized spacial score (nSPS) is 15.6. The van der Waals surface area contributed by atoms with Crippen LogP contribution in [0.4, 0.5) is 0 Å². The minimum atomic E-state index is -1.83. The first-order valence-corrected chi connectivity index (χ1v) is 5.78. The minimum absolute atomic E-state index is 0.345. The number of hydrogen-bond acceptors (Lipinski definition) is 6.